The lowest BCUT2D eigenvalue weighted by atomic mass is 9.93. The van der Waals surface area contributed by atoms with Gasteiger partial charge in [-0.1, -0.05) is 0 Å². The van der Waals surface area contributed by atoms with Crippen LogP contribution in [0.25, 0.3) is 0 Å². The van der Waals surface area contributed by atoms with Gasteiger partial charge in [0.2, 0.25) is 5.91 Å². The first-order valence-corrected chi connectivity index (χ1v) is 7.91. The minimum absolute atomic E-state index is 0. The van der Waals surface area contributed by atoms with Crippen LogP contribution in [0.2, 0.25) is 0 Å². The number of methoxy groups -OCH3 is 1. The molecule has 0 atom stereocenters. The van der Waals surface area contributed by atoms with Crippen LogP contribution >= 0.6 is 24.0 Å². The first kappa shape index (κ1) is 21.9. The molecule has 23 heavy (non-hydrogen) atoms. The molecular formula is C15H29IN4O3. The summed E-state index contributed by atoms with van der Waals surface area (Å²) in [6.45, 7) is 4.99. The Morgan fingerprint density at radius 2 is 1.96 bits per heavy atom. The SMILES string of the molecule is CCNC(=NCCC(=O)OC)N1CCC(CC(=O)NC)CC1.I. The van der Waals surface area contributed by atoms with E-state index in [2.05, 4.69) is 25.3 Å². The van der Waals surface area contributed by atoms with Crippen molar-refractivity contribution >= 4 is 41.8 Å². The topological polar surface area (TPSA) is 83.0 Å². The number of amides is 1. The summed E-state index contributed by atoms with van der Waals surface area (Å²) in [4.78, 5) is 29.2. The number of halogens is 1. The van der Waals surface area contributed by atoms with Gasteiger partial charge in [-0.25, -0.2) is 0 Å². The summed E-state index contributed by atoms with van der Waals surface area (Å²) in [7, 11) is 3.06. The number of hydrogen-bond donors (Lipinski definition) is 2. The molecule has 0 saturated carbocycles. The van der Waals surface area contributed by atoms with Gasteiger partial charge in [0.25, 0.3) is 0 Å². The average molecular weight is 440 g/mol. The zero-order valence-corrected chi connectivity index (χ0v) is 16.6. The van der Waals surface area contributed by atoms with Gasteiger partial charge >= 0.3 is 5.97 Å². The van der Waals surface area contributed by atoms with E-state index in [1.165, 1.54) is 7.11 Å². The zero-order chi connectivity index (χ0) is 16.4. The van der Waals surface area contributed by atoms with Crippen molar-refractivity contribution in [2.24, 2.45) is 10.9 Å². The van der Waals surface area contributed by atoms with Crippen LogP contribution in [0, 0.1) is 5.92 Å². The highest BCUT2D eigenvalue weighted by atomic mass is 127. The van der Waals surface area contributed by atoms with Gasteiger partial charge in [0.05, 0.1) is 20.1 Å². The van der Waals surface area contributed by atoms with Gasteiger partial charge in [-0.2, -0.15) is 0 Å². The Labute approximate surface area is 155 Å². The van der Waals surface area contributed by atoms with Gasteiger partial charge in [-0.05, 0) is 25.7 Å². The Balaban J connectivity index is 0.00000484. The zero-order valence-electron chi connectivity index (χ0n) is 14.3. The maximum absolute atomic E-state index is 11.4. The molecule has 0 aliphatic carbocycles. The Morgan fingerprint density at radius 3 is 2.48 bits per heavy atom. The van der Waals surface area contributed by atoms with E-state index >= 15 is 0 Å². The van der Waals surface area contributed by atoms with E-state index in [-0.39, 0.29) is 35.9 Å². The lowest BCUT2D eigenvalue weighted by Gasteiger charge is -2.34. The highest BCUT2D eigenvalue weighted by Crippen LogP contribution is 2.20. The lowest BCUT2D eigenvalue weighted by Crippen LogP contribution is -2.46. The third kappa shape index (κ3) is 8.38. The summed E-state index contributed by atoms with van der Waals surface area (Å²) in [5.41, 5.74) is 0. The number of piperidine rings is 1. The number of esters is 1. The monoisotopic (exact) mass is 440 g/mol. The first-order valence-electron chi connectivity index (χ1n) is 7.91. The number of carbonyl (C=O) groups excluding carboxylic acids is 2. The summed E-state index contributed by atoms with van der Waals surface area (Å²) in [6.07, 6.45) is 2.85. The largest absolute Gasteiger partial charge is 0.469 e. The lowest BCUT2D eigenvalue weighted by molar-refractivity contribution is -0.140. The van der Waals surface area contributed by atoms with Crippen LogP contribution in [0.3, 0.4) is 0 Å². The molecule has 0 aromatic rings. The summed E-state index contributed by atoms with van der Waals surface area (Å²) in [5.74, 6) is 1.14. The highest BCUT2D eigenvalue weighted by Gasteiger charge is 2.23. The standard InChI is InChI=1S/C15H28N4O3.HI/c1-4-17-15(18-8-5-14(21)22-3)19-9-6-12(7-10-19)11-13(20)16-2;/h12H,4-11H2,1-3H3,(H,16,20)(H,17,18);1H. The van der Waals surface area contributed by atoms with Crippen LogP contribution < -0.4 is 10.6 Å². The molecule has 0 unspecified atom stereocenters. The van der Waals surface area contributed by atoms with E-state index in [1.807, 2.05) is 6.92 Å². The van der Waals surface area contributed by atoms with Crippen molar-refractivity contribution in [2.75, 3.05) is 40.3 Å². The molecule has 0 bridgehead atoms. The van der Waals surface area contributed by atoms with Crippen molar-refractivity contribution in [3.8, 4) is 0 Å². The number of rotatable bonds is 6. The Bertz CT molecular complexity index is 396. The van der Waals surface area contributed by atoms with E-state index in [0.717, 1.165) is 38.4 Å². The van der Waals surface area contributed by atoms with Crippen LogP contribution in [0.15, 0.2) is 4.99 Å². The smallest absolute Gasteiger partial charge is 0.307 e. The second-order valence-corrected chi connectivity index (χ2v) is 5.37. The van der Waals surface area contributed by atoms with Crippen molar-refractivity contribution in [3.63, 3.8) is 0 Å². The molecule has 1 fully saturated rings. The summed E-state index contributed by atoms with van der Waals surface area (Å²) in [6, 6.07) is 0. The van der Waals surface area contributed by atoms with Crippen LogP contribution in [0.1, 0.15) is 32.6 Å². The van der Waals surface area contributed by atoms with E-state index < -0.39 is 0 Å². The molecule has 1 heterocycles. The van der Waals surface area contributed by atoms with E-state index in [1.54, 1.807) is 7.05 Å². The number of nitrogens with zero attached hydrogens (tertiary/aromatic N) is 2. The first-order chi connectivity index (χ1) is 10.6. The molecule has 8 heteroatoms. The second kappa shape index (κ2) is 12.4. The molecule has 7 nitrogen and oxygen atoms in total. The van der Waals surface area contributed by atoms with Crippen molar-refractivity contribution in [3.05, 3.63) is 0 Å². The number of nitrogens with one attached hydrogen (secondary N) is 2. The van der Waals surface area contributed by atoms with Crippen LogP contribution in [0.5, 0.6) is 0 Å². The summed E-state index contributed by atoms with van der Waals surface area (Å²) < 4.78 is 4.62. The van der Waals surface area contributed by atoms with Gasteiger partial charge in [0.1, 0.15) is 0 Å². The Kier molecular flexibility index (Phi) is 11.8. The fourth-order valence-corrected chi connectivity index (χ4v) is 2.49. The van der Waals surface area contributed by atoms with Crippen molar-refractivity contribution in [1.29, 1.82) is 0 Å². The van der Waals surface area contributed by atoms with Gasteiger partial charge < -0.3 is 20.3 Å². The average Bonchev–Trinajstić information content (AvgIpc) is 2.54. The van der Waals surface area contributed by atoms with Crippen molar-refractivity contribution in [1.82, 2.24) is 15.5 Å². The normalized spacial score (nSPS) is 15.6. The molecule has 0 spiro atoms. The Morgan fingerprint density at radius 1 is 1.30 bits per heavy atom. The van der Waals surface area contributed by atoms with E-state index in [9.17, 15) is 9.59 Å². The molecule has 0 radical (unpaired) electrons. The molecule has 0 aromatic heterocycles. The van der Waals surface area contributed by atoms with Gasteiger partial charge in [0.15, 0.2) is 5.96 Å². The maximum Gasteiger partial charge on any atom is 0.307 e. The highest BCUT2D eigenvalue weighted by molar-refractivity contribution is 14.0. The van der Waals surface area contributed by atoms with Gasteiger partial charge in [-0.3, -0.25) is 14.6 Å². The molecule has 1 saturated heterocycles. The number of hydrogen-bond acceptors (Lipinski definition) is 4. The number of guanidine groups is 1. The quantitative estimate of drug-likeness (QED) is 0.279. The number of likely N-dealkylation sites (tertiary alicyclic amines) is 1. The third-order valence-electron chi connectivity index (χ3n) is 3.81. The molecule has 0 aromatic carbocycles. The third-order valence-corrected chi connectivity index (χ3v) is 3.81. The van der Waals surface area contributed by atoms with Crippen LogP contribution in [-0.2, 0) is 14.3 Å². The summed E-state index contributed by atoms with van der Waals surface area (Å²) >= 11 is 0. The summed E-state index contributed by atoms with van der Waals surface area (Å²) in [5, 5.41) is 5.93. The molecule has 2 N–H and O–H groups in total. The molecule has 134 valence electrons. The molecular weight excluding hydrogens is 411 g/mol. The maximum atomic E-state index is 11.4. The molecule has 1 rings (SSSR count). The van der Waals surface area contributed by atoms with Gasteiger partial charge in [0, 0.05) is 33.1 Å². The van der Waals surface area contributed by atoms with Crippen LogP contribution in [-0.4, -0.2) is 63.1 Å². The Hall–Kier alpha value is -1.06. The number of ether oxygens (including phenoxy) is 1. The van der Waals surface area contributed by atoms with Crippen molar-refractivity contribution in [2.45, 2.75) is 32.6 Å². The molecule has 1 aliphatic rings. The fourth-order valence-electron chi connectivity index (χ4n) is 2.49. The predicted molar refractivity (Wildman–Crippen MR) is 101 cm³/mol. The van der Waals surface area contributed by atoms with E-state index in [0.29, 0.717) is 25.3 Å². The predicted octanol–water partition coefficient (Wildman–Crippen LogP) is 0.981. The van der Waals surface area contributed by atoms with E-state index in [4.69, 9.17) is 0 Å². The minimum atomic E-state index is -0.246. The van der Waals surface area contributed by atoms with Gasteiger partial charge in [-0.15, -0.1) is 24.0 Å². The minimum Gasteiger partial charge on any atom is -0.469 e. The molecule has 1 amide bonds. The van der Waals surface area contributed by atoms with Crippen molar-refractivity contribution < 1.29 is 14.3 Å². The fraction of sp³-hybridized carbons (Fsp3) is 0.800. The number of aliphatic imine (C=N–C) groups is 1. The van der Waals surface area contributed by atoms with Crippen LogP contribution in [0.4, 0.5) is 0 Å². The molecule has 1 aliphatic heterocycles. The number of carbonyl (C=O) groups is 2. The second-order valence-electron chi connectivity index (χ2n) is 5.37.